The zero-order valence-corrected chi connectivity index (χ0v) is 16.9. The third-order valence-corrected chi connectivity index (χ3v) is 5.80. The Bertz CT molecular complexity index is 590. The van der Waals surface area contributed by atoms with Crippen molar-refractivity contribution in [2.24, 2.45) is 23.7 Å². The molecule has 0 bridgehead atoms. The number of rotatable bonds is 11. The van der Waals surface area contributed by atoms with Crippen LogP contribution >= 0.6 is 0 Å². The van der Waals surface area contributed by atoms with Crippen molar-refractivity contribution in [2.45, 2.75) is 51.7 Å². The molecule has 156 valence electrons. The third-order valence-electron chi connectivity index (χ3n) is 5.80. The van der Waals surface area contributed by atoms with Gasteiger partial charge in [-0.05, 0) is 30.1 Å². The Labute approximate surface area is 167 Å². The summed E-state index contributed by atoms with van der Waals surface area (Å²) in [5, 5.41) is 0. The van der Waals surface area contributed by atoms with Crippen LogP contribution in [0.1, 0.15) is 39.5 Å². The highest BCUT2D eigenvalue weighted by Gasteiger charge is 2.34. The van der Waals surface area contributed by atoms with Crippen molar-refractivity contribution in [3.8, 4) is 0 Å². The summed E-state index contributed by atoms with van der Waals surface area (Å²) in [7, 11) is 0. The molecule has 3 aliphatic rings. The van der Waals surface area contributed by atoms with Gasteiger partial charge in [0, 0.05) is 0 Å². The summed E-state index contributed by atoms with van der Waals surface area (Å²) in [5.41, 5.74) is 0. The lowest BCUT2D eigenvalue weighted by atomic mass is 9.67. The lowest BCUT2D eigenvalue weighted by Gasteiger charge is -2.37. The molecule has 6 nitrogen and oxygen atoms in total. The molecule has 2 fully saturated rings. The molecule has 0 aromatic heterocycles. The molecule has 6 unspecified atom stereocenters. The van der Waals surface area contributed by atoms with Crippen molar-refractivity contribution in [3.05, 3.63) is 24.3 Å². The normalized spacial score (nSPS) is 33.6. The van der Waals surface area contributed by atoms with Gasteiger partial charge >= 0.3 is 11.9 Å². The number of hydrogen-bond donors (Lipinski definition) is 0. The van der Waals surface area contributed by atoms with Gasteiger partial charge in [-0.1, -0.05) is 44.6 Å². The summed E-state index contributed by atoms with van der Waals surface area (Å²) < 4.78 is 20.7. The van der Waals surface area contributed by atoms with Gasteiger partial charge in [-0.25, -0.2) is 0 Å². The Morgan fingerprint density at radius 1 is 0.964 bits per heavy atom. The average Bonchev–Trinajstić information content (AvgIpc) is 3.60. The quantitative estimate of drug-likeness (QED) is 0.305. The first-order valence-corrected chi connectivity index (χ1v) is 10.5. The molecule has 0 aromatic rings. The molecule has 0 N–H and O–H groups in total. The van der Waals surface area contributed by atoms with Crippen LogP contribution in [0.5, 0.6) is 0 Å². The van der Waals surface area contributed by atoms with E-state index >= 15 is 0 Å². The standard InChI is InChI=1S/C22H32O6/c1-3-15-8-9-16(10-22(24)28-14-18-12-26-18)20(19(15)4-2)6-5-7-21(23)27-13-17-11-25-17/h5-6,8-9,15-20H,3-4,7,10-14H2,1-2H3. The second-order valence-electron chi connectivity index (χ2n) is 7.88. The van der Waals surface area contributed by atoms with E-state index in [9.17, 15) is 9.59 Å². The van der Waals surface area contributed by atoms with Gasteiger partial charge in [0.05, 0.1) is 26.1 Å². The third kappa shape index (κ3) is 6.45. The highest BCUT2D eigenvalue weighted by atomic mass is 16.6. The van der Waals surface area contributed by atoms with E-state index in [2.05, 4.69) is 32.1 Å². The SMILES string of the molecule is CCC1C=CC(CC(=O)OCC2CO2)C(C=CCC(=O)OCC2CO2)C1CC. The summed E-state index contributed by atoms with van der Waals surface area (Å²) in [6.45, 7) is 6.44. The first-order valence-electron chi connectivity index (χ1n) is 10.5. The Hall–Kier alpha value is -1.66. The van der Waals surface area contributed by atoms with Gasteiger partial charge < -0.3 is 18.9 Å². The van der Waals surface area contributed by atoms with Crippen LogP contribution < -0.4 is 0 Å². The highest BCUT2D eigenvalue weighted by Crippen LogP contribution is 2.40. The van der Waals surface area contributed by atoms with Gasteiger partial charge in [0.15, 0.2) is 0 Å². The fraction of sp³-hybridized carbons (Fsp3) is 0.727. The first-order chi connectivity index (χ1) is 13.6. The minimum absolute atomic E-state index is 0.0847. The van der Waals surface area contributed by atoms with Gasteiger partial charge in [-0.3, -0.25) is 9.59 Å². The van der Waals surface area contributed by atoms with Crippen LogP contribution in [0.15, 0.2) is 24.3 Å². The Kier molecular flexibility index (Phi) is 7.68. The summed E-state index contributed by atoms with van der Waals surface area (Å²) in [4.78, 5) is 24.1. The first kappa shape index (κ1) is 21.1. The molecule has 0 spiro atoms. The van der Waals surface area contributed by atoms with Crippen LogP contribution in [0.4, 0.5) is 0 Å². The van der Waals surface area contributed by atoms with Crippen molar-refractivity contribution < 1.29 is 28.5 Å². The number of allylic oxidation sites excluding steroid dienone is 3. The van der Waals surface area contributed by atoms with Crippen LogP contribution in [0, 0.1) is 23.7 Å². The molecular formula is C22H32O6. The molecular weight excluding hydrogens is 360 g/mol. The molecule has 6 heteroatoms. The van der Waals surface area contributed by atoms with E-state index in [1.54, 1.807) is 0 Å². The molecule has 2 saturated heterocycles. The van der Waals surface area contributed by atoms with E-state index in [0.29, 0.717) is 44.7 Å². The zero-order valence-electron chi connectivity index (χ0n) is 16.9. The molecule has 28 heavy (non-hydrogen) atoms. The largest absolute Gasteiger partial charge is 0.463 e. The van der Waals surface area contributed by atoms with Crippen LogP contribution in [0.2, 0.25) is 0 Å². The summed E-state index contributed by atoms with van der Waals surface area (Å²) in [5.74, 6) is 0.824. The molecule has 0 radical (unpaired) electrons. The number of esters is 2. The summed E-state index contributed by atoms with van der Waals surface area (Å²) in [6, 6.07) is 0. The van der Waals surface area contributed by atoms with Crippen molar-refractivity contribution in [1.82, 2.24) is 0 Å². The monoisotopic (exact) mass is 392 g/mol. The molecule has 6 atom stereocenters. The minimum atomic E-state index is -0.237. The Balaban J connectivity index is 1.57. The maximum Gasteiger partial charge on any atom is 0.309 e. The fourth-order valence-electron chi connectivity index (χ4n) is 3.99. The van der Waals surface area contributed by atoms with Crippen LogP contribution in [0.3, 0.4) is 0 Å². The van der Waals surface area contributed by atoms with Crippen LogP contribution in [-0.2, 0) is 28.5 Å². The predicted molar refractivity (Wildman–Crippen MR) is 103 cm³/mol. The summed E-state index contributed by atoms with van der Waals surface area (Å²) >= 11 is 0. The van der Waals surface area contributed by atoms with E-state index in [-0.39, 0.29) is 42.4 Å². The predicted octanol–water partition coefficient (Wildman–Crippen LogP) is 3.06. The summed E-state index contributed by atoms with van der Waals surface area (Å²) in [6.07, 6.45) is 11.3. The molecule has 1 aliphatic carbocycles. The Morgan fingerprint density at radius 3 is 2.14 bits per heavy atom. The average molecular weight is 392 g/mol. The van der Waals surface area contributed by atoms with E-state index in [0.717, 1.165) is 12.8 Å². The second kappa shape index (κ2) is 10.2. The number of ether oxygens (including phenoxy) is 4. The van der Waals surface area contributed by atoms with E-state index in [1.807, 2.05) is 6.08 Å². The lowest BCUT2D eigenvalue weighted by molar-refractivity contribution is -0.145. The van der Waals surface area contributed by atoms with Crippen molar-refractivity contribution in [1.29, 1.82) is 0 Å². The van der Waals surface area contributed by atoms with E-state index < -0.39 is 0 Å². The van der Waals surface area contributed by atoms with Crippen molar-refractivity contribution >= 4 is 11.9 Å². The van der Waals surface area contributed by atoms with Crippen molar-refractivity contribution in [3.63, 3.8) is 0 Å². The van der Waals surface area contributed by atoms with Gasteiger partial charge in [0.25, 0.3) is 0 Å². The number of carbonyl (C=O) groups is 2. The zero-order chi connectivity index (χ0) is 19.9. The molecule has 2 aliphatic heterocycles. The minimum Gasteiger partial charge on any atom is -0.463 e. The van der Waals surface area contributed by atoms with Gasteiger partial charge in [0.2, 0.25) is 0 Å². The van der Waals surface area contributed by atoms with Gasteiger partial charge in [0.1, 0.15) is 25.4 Å². The van der Waals surface area contributed by atoms with E-state index in [1.165, 1.54) is 0 Å². The highest BCUT2D eigenvalue weighted by molar-refractivity contribution is 5.71. The van der Waals surface area contributed by atoms with Crippen LogP contribution in [0.25, 0.3) is 0 Å². The number of hydrogen-bond acceptors (Lipinski definition) is 6. The molecule has 0 amide bonds. The maximum absolute atomic E-state index is 12.3. The van der Waals surface area contributed by atoms with Gasteiger partial charge in [-0.15, -0.1) is 0 Å². The molecule has 3 rings (SSSR count). The number of carbonyl (C=O) groups excluding carboxylic acids is 2. The van der Waals surface area contributed by atoms with Crippen LogP contribution in [-0.4, -0.2) is 50.6 Å². The topological polar surface area (TPSA) is 77.7 Å². The van der Waals surface area contributed by atoms with Crippen molar-refractivity contribution in [2.75, 3.05) is 26.4 Å². The van der Waals surface area contributed by atoms with Gasteiger partial charge in [-0.2, -0.15) is 0 Å². The molecule has 0 saturated carbocycles. The number of epoxide rings is 2. The Morgan fingerprint density at radius 2 is 1.57 bits per heavy atom. The fourth-order valence-corrected chi connectivity index (χ4v) is 3.99. The second-order valence-corrected chi connectivity index (χ2v) is 7.88. The molecule has 2 heterocycles. The molecule has 0 aromatic carbocycles. The lowest BCUT2D eigenvalue weighted by Crippen LogP contribution is -2.31. The maximum atomic E-state index is 12.3. The smallest absolute Gasteiger partial charge is 0.309 e. The van der Waals surface area contributed by atoms with E-state index in [4.69, 9.17) is 18.9 Å².